The van der Waals surface area contributed by atoms with Gasteiger partial charge in [0, 0.05) is 30.9 Å². The van der Waals surface area contributed by atoms with Gasteiger partial charge in [-0.1, -0.05) is 18.2 Å². The molecule has 1 amide bonds. The summed E-state index contributed by atoms with van der Waals surface area (Å²) in [6, 6.07) is 11.7. The first-order valence-corrected chi connectivity index (χ1v) is 10.1. The molecule has 0 radical (unpaired) electrons. The fraction of sp³-hybridized carbons (Fsp3) is 0.278. The number of pyridine rings is 1. The number of hydrogen-bond acceptors (Lipinski definition) is 5. The molecule has 1 aliphatic heterocycles. The van der Waals surface area contributed by atoms with E-state index in [9.17, 15) is 13.2 Å². The lowest BCUT2D eigenvalue weighted by Gasteiger charge is -2.31. The van der Waals surface area contributed by atoms with Gasteiger partial charge in [-0.15, -0.1) is 0 Å². The molecule has 4 rings (SSSR count). The smallest absolute Gasteiger partial charge is 0.251 e. The molecule has 0 atom stereocenters. The van der Waals surface area contributed by atoms with E-state index in [-0.39, 0.29) is 11.9 Å². The van der Waals surface area contributed by atoms with Crippen molar-refractivity contribution in [2.24, 2.45) is 0 Å². The molecule has 9 heteroatoms. The molecule has 2 aromatic heterocycles. The molecule has 0 saturated carbocycles. The van der Waals surface area contributed by atoms with Crippen molar-refractivity contribution < 1.29 is 13.2 Å². The summed E-state index contributed by atoms with van der Waals surface area (Å²) in [6.45, 7) is 0.761. The largest absolute Gasteiger partial charge is 0.349 e. The Morgan fingerprint density at radius 3 is 2.59 bits per heavy atom. The van der Waals surface area contributed by atoms with E-state index in [1.54, 1.807) is 53.2 Å². The minimum absolute atomic E-state index is 0.0613. The molecule has 0 spiro atoms. The minimum atomic E-state index is -3.48. The summed E-state index contributed by atoms with van der Waals surface area (Å²) in [6.07, 6.45) is 4.27. The Hall–Kier alpha value is -2.78. The number of hydrogen-bond donors (Lipinski definition) is 1. The summed E-state index contributed by atoms with van der Waals surface area (Å²) in [5.41, 5.74) is 1.11. The summed E-state index contributed by atoms with van der Waals surface area (Å²) in [4.78, 5) is 16.9. The van der Waals surface area contributed by atoms with Crippen molar-refractivity contribution in [2.45, 2.75) is 23.8 Å². The van der Waals surface area contributed by atoms with Crippen LogP contribution in [0.15, 0.2) is 59.9 Å². The third-order valence-electron chi connectivity index (χ3n) is 4.71. The normalized spacial score (nSPS) is 16.4. The molecule has 3 heterocycles. The number of carbonyl (C=O) groups excluding carboxylic acids is 1. The topological polar surface area (TPSA) is 96.7 Å². The van der Waals surface area contributed by atoms with Crippen LogP contribution in [0, 0.1) is 0 Å². The Labute approximate surface area is 156 Å². The van der Waals surface area contributed by atoms with Crippen LogP contribution in [-0.4, -0.2) is 52.4 Å². The van der Waals surface area contributed by atoms with Crippen LogP contribution in [-0.2, 0) is 10.0 Å². The van der Waals surface area contributed by atoms with Crippen molar-refractivity contribution in [3.63, 3.8) is 0 Å². The molecular formula is C18H19N5O3S. The van der Waals surface area contributed by atoms with E-state index < -0.39 is 10.0 Å². The molecule has 0 unspecified atom stereocenters. The molecular weight excluding hydrogens is 366 g/mol. The van der Waals surface area contributed by atoms with Crippen LogP contribution in [0.3, 0.4) is 0 Å². The van der Waals surface area contributed by atoms with Gasteiger partial charge >= 0.3 is 0 Å². The van der Waals surface area contributed by atoms with Gasteiger partial charge in [-0.05, 0) is 37.1 Å². The molecule has 1 aromatic carbocycles. The van der Waals surface area contributed by atoms with Crippen molar-refractivity contribution in [1.82, 2.24) is 24.2 Å². The Kier molecular flexibility index (Phi) is 4.63. The number of sulfonamides is 1. The summed E-state index contributed by atoms with van der Waals surface area (Å²) in [5.74, 6) is -0.190. The fourth-order valence-corrected chi connectivity index (χ4v) is 4.70. The summed E-state index contributed by atoms with van der Waals surface area (Å²) >= 11 is 0. The highest BCUT2D eigenvalue weighted by atomic mass is 32.2. The first kappa shape index (κ1) is 17.6. The van der Waals surface area contributed by atoms with E-state index in [1.807, 2.05) is 0 Å². The van der Waals surface area contributed by atoms with Gasteiger partial charge in [0.1, 0.15) is 6.33 Å². The SMILES string of the molecule is O=C(NC1CCN(S(=O)(=O)c2ccccc2)CC1)c1ccn2ncnc2c1. The molecule has 1 fully saturated rings. The number of nitrogens with one attached hydrogen (secondary N) is 1. The number of amides is 1. The van der Waals surface area contributed by atoms with Crippen LogP contribution in [0.5, 0.6) is 0 Å². The van der Waals surface area contributed by atoms with Crippen molar-refractivity contribution >= 4 is 21.6 Å². The van der Waals surface area contributed by atoms with E-state index in [2.05, 4.69) is 15.4 Å². The predicted molar refractivity (Wildman–Crippen MR) is 98.7 cm³/mol. The molecule has 1 aliphatic rings. The number of benzene rings is 1. The second-order valence-electron chi connectivity index (χ2n) is 6.44. The maximum Gasteiger partial charge on any atom is 0.251 e. The van der Waals surface area contributed by atoms with Gasteiger partial charge < -0.3 is 5.32 Å². The monoisotopic (exact) mass is 385 g/mol. The zero-order valence-corrected chi connectivity index (χ0v) is 15.3. The predicted octanol–water partition coefficient (Wildman–Crippen LogP) is 1.31. The van der Waals surface area contributed by atoms with Crippen molar-refractivity contribution in [3.05, 3.63) is 60.6 Å². The highest BCUT2D eigenvalue weighted by molar-refractivity contribution is 7.89. The molecule has 3 aromatic rings. The molecule has 27 heavy (non-hydrogen) atoms. The van der Waals surface area contributed by atoms with Gasteiger partial charge in [0.15, 0.2) is 5.65 Å². The van der Waals surface area contributed by atoms with E-state index in [0.717, 1.165) is 0 Å². The fourth-order valence-electron chi connectivity index (χ4n) is 3.21. The van der Waals surface area contributed by atoms with E-state index >= 15 is 0 Å². The van der Waals surface area contributed by atoms with Gasteiger partial charge in [0.2, 0.25) is 10.0 Å². The third-order valence-corrected chi connectivity index (χ3v) is 6.63. The second kappa shape index (κ2) is 7.09. The molecule has 0 bridgehead atoms. The minimum Gasteiger partial charge on any atom is -0.349 e. The number of fused-ring (bicyclic) bond motifs is 1. The van der Waals surface area contributed by atoms with Crippen molar-refractivity contribution in [2.75, 3.05) is 13.1 Å². The van der Waals surface area contributed by atoms with Crippen molar-refractivity contribution in [3.8, 4) is 0 Å². The average molecular weight is 385 g/mol. The highest BCUT2D eigenvalue weighted by Crippen LogP contribution is 2.20. The molecule has 0 aliphatic carbocycles. The molecule has 8 nitrogen and oxygen atoms in total. The van der Waals surface area contributed by atoms with E-state index in [1.165, 1.54) is 10.6 Å². The van der Waals surface area contributed by atoms with E-state index in [0.29, 0.717) is 42.0 Å². The van der Waals surface area contributed by atoms with E-state index in [4.69, 9.17) is 0 Å². The lowest BCUT2D eigenvalue weighted by Crippen LogP contribution is -2.46. The third kappa shape index (κ3) is 3.56. The number of nitrogens with zero attached hydrogens (tertiary/aromatic N) is 4. The van der Waals surface area contributed by atoms with Gasteiger partial charge in [0.25, 0.3) is 5.91 Å². The average Bonchev–Trinajstić information content (AvgIpc) is 3.17. The van der Waals surface area contributed by atoms with Gasteiger partial charge in [-0.3, -0.25) is 4.79 Å². The summed E-state index contributed by atoms with van der Waals surface area (Å²) < 4.78 is 28.4. The Bertz CT molecular complexity index is 1060. The molecule has 1 N–H and O–H groups in total. The Morgan fingerprint density at radius 2 is 1.85 bits per heavy atom. The lowest BCUT2D eigenvalue weighted by molar-refractivity contribution is 0.0924. The van der Waals surface area contributed by atoms with Crippen LogP contribution in [0.2, 0.25) is 0 Å². The zero-order chi connectivity index (χ0) is 18.9. The Morgan fingerprint density at radius 1 is 1.11 bits per heavy atom. The van der Waals surface area contributed by atoms with Crippen LogP contribution < -0.4 is 5.32 Å². The summed E-state index contributed by atoms with van der Waals surface area (Å²) in [7, 11) is -3.48. The maximum absolute atomic E-state index is 12.7. The molecule has 1 saturated heterocycles. The lowest BCUT2D eigenvalue weighted by atomic mass is 10.1. The van der Waals surface area contributed by atoms with Gasteiger partial charge in [-0.2, -0.15) is 9.40 Å². The Balaban J connectivity index is 1.38. The van der Waals surface area contributed by atoms with Crippen LogP contribution in [0.1, 0.15) is 23.2 Å². The van der Waals surface area contributed by atoms with Gasteiger partial charge in [-0.25, -0.2) is 17.9 Å². The number of aromatic nitrogens is 3. The first-order valence-electron chi connectivity index (χ1n) is 8.69. The number of rotatable bonds is 4. The maximum atomic E-state index is 12.7. The summed E-state index contributed by atoms with van der Waals surface area (Å²) in [5, 5.41) is 6.99. The first-order chi connectivity index (χ1) is 13.0. The zero-order valence-electron chi connectivity index (χ0n) is 14.5. The number of piperidine rings is 1. The molecule has 140 valence electrons. The second-order valence-corrected chi connectivity index (χ2v) is 8.38. The number of carbonyl (C=O) groups is 1. The standard InChI is InChI=1S/C18H19N5O3S/c24-18(14-6-11-23-17(12-14)19-13-20-23)21-15-7-9-22(10-8-15)27(25,26)16-4-2-1-3-5-16/h1-6,11-13,15H,7-10H2,(H,21,24). The van der Waals surface area contributed by atoms with Crippen LogP contribution >= 0.6 is 0 Å². The highest BCUT2D eigenvalue weighted by Gasteiger charge is 2.29. The van der Waals surface area contributed by atoms with Crippen molar-refractivity contribution in [1.29, 1.82) is 0 Å². The van der Waals surface area contributed by atoms with Gasteiger partial charge in [0.05, 0.1) is 4.90 Å². The quantitative estimate of drug-likeness (QED) is 0.730. The van der Waals surface area contributed by atoms with Crippen LogP contribution in [0.25, 0.3) is 5.65 Å². The van der Waals surface area contributed by atoms with Crippen LogP contribution in [0.4, 0.5) is 0 Å².